The molecule has 19 heteroatoms. The summed E-state index contributed by atoms with van der Waals surface area (Å²) in [6, 6.07) is 87.5. The van der Waals surface area contributed by atoms with E-state index in [1.54, 1.807) is 31.0 Å². The fraction of sp³-hybridized carbons (Fsp3) is 0.0690. The standard InChI is InChI=1S/C41H27N7.C26H25BN4O2.C20H13BrN4/c1-3-11-28(12-4-1)39-46-40(29-13-5-2-6-14-29)48-41(47-39)31-16-7-15-30(23-31)35-19-8-20-36(44-35)34-24-37(32-17-9-21-42-26-32)45-38(25-34)33-18-10-22-43-27-33;1-25(2)26(3,4)33-27(32-25)20-15-16-28-21(17-20)24-30-22(18-11-7-5-8-12-18)29-23(31-24)19-13-9-6-10-14-19;21-20-7-1-6-17(25-20)16-10-18(14-4-2-8-22-12-14)24-19(11-16)15-5-3-9-23-13-15/h1-27H;5-17H,1-4H3;1-13H. The van der Waals surface area contributed by atoms with Gasteiger partial charge in [-0.05, 0) is 164 Å². The molecular weight excluding hydrogens is 1380 g/mol. The van der Waals surface area contributed by atoms with Crippen LogP contribution in [-0.4, -0.2) is 93.1 Å². The summed E-state index contributed by atoms with van der Waals surface area (Å²) in [5.41, 5.74) is 17.8. The van der Waals surface area contributed by atoms with E-state index in [0.29, 0.717) is 40.6 Å². The van der Waals surface area contributed by atoms with E-state index in [4.69, 9.17) is 54.2 Å². The molecule has 0 aliphatic carbocycles. The van der Waals surface area contributed by atoms with Crippen LogP contribution in [-0.2, 0) is 9.31 Å². The van der Waals surface area contributed by atoms with Crippen LogP contribution in [0.2, 0.25) is 0 Å². The number of nitrogens with zero attached hydrogens (tertiary/aromatic N) is 15. The largest absolute Gasteiger partial charge is 0.494 e. The monoisotopic (exact) mass is 1440 g/mol. The summed E-state index contributed by atoms with van der Waals surface area (Å²) < 4.78 is 13.2. The molecule has 510 valence electrons. The zero-order valence-corrected chi connectivity index (χ0v) is 59.7. The second-order valence-corrected chi connectivity index (χ2v) is 26.5. The summed E-state index contributed by atoms with van der Waals surface area (Å²) in [6.07, 6.45) is 16.0. The third-order valence-electron chi connectivity index (χ3n) is 17.9. The number of hydrogen-bond donors (Lipinski definition) is 0. The van der Waals surface area contributed by atoms with E-state index in [1.165, 1.54) is 0 Å². The lowest BCUT2D eigenvalue weighted by molar-refractivity contribution is 0.00578. The Kier molecular flexibility index (Phi) is 20.3. The van der Waals surface area contributed by atoms with Crippen molar-refractivity contribution in [3.63, 3.8) is 0 Å². The normalized spacial score (nSPS) is 12.6. The molecule has 0 saturated carbocycles. The number of rotatable bonds is 14. The molecule has 0 spiro atoms. The van der Waals surface area contributed by atoms with Gasteiger partial charge in [0.1, 0.15) is 10.3 Å². The first kappa shape index (κ1) is 68.7. The summed E-state index contributed by atoms with van der Waals surface area (Å²) in [5.74, 6) is 3.54. The molecule has 0 unspecified atom stereocenters. The topological polar surface area (TPSA) is 212 Å². The van der Waals surface area contributed by atoms with Crippen molar-refractivity contribution < 1.29 is 9.31 Å². The van der Waals surface area contributed by atoms with Gasteiger partial charge in [0.05, 0.1) is 51.1 Å². The van der Waals surface area contributed by atoms with Gasteiger partial charge in [0.2, 0.25) is 0 Å². The average Bonchev–Trinajstić information content (AvgIpc) is 1.54. The predicted molar refractivity (Wildman–Crippen MR) is 420 cm³/mol. The summed E-state index contributed by atoms with van der Waals surface area (Å²) in [6.45, 7) is 8.16. The molecule has 0 bridgehead atoms. The Labute approximate surface area is 622 Å². The van der Waals surface area contributed by atoms with E-state index in [9.17, 15) is 0 Å². The van der Waals surface area contributed by atoms with Crippen molar-refractivity contribution in [1.29, 1.82) is 0 Å². The maximum atomic E-state index is 6.22. The number of hydrogen-bond acceptors (Lipinski definition) is 17. The molecular formula is C87H65BBrN15O2. The average molecular weight is 1440 g/mol. The van der Waals surface area contributed by atoms with Gasteiger partial charge < -0.3 is 9.31 Å². The molecule has 0 radical (unpaired) electrons. The minimum Gasteiger partial charge on any atom is -0.399 e. The minimum atomic E-state index is -0.485. The maximum absolute atomic E-state index is 6.22. The first-order chi connectivity index (χ1) is 51.9. The summed E-state index contributed by atoms with van der Waals surface area (Å²) in [4.78, 5) is 70.0. The Balaban J connectivity index is 0.000000135. The Morgan fingerprint density at radius 3 is 0.953 bits per heavy atom. The lowest BCUT2D eigenvalue weighted by Crippen LogP contribution is -2.41. The molecule has 11 aromatic heterocycles. The molecule has 1 saturated heterocycles. The van der Waals surface area contributed by atoms with Gasteiger partial charge in [0, 0.05) is 123 Å². The first-order valence-corrected chi connectivity index (χ1v) is 35.1. The fourth-order valence-electron chi connectivity index (χ4n) is 11.7. The molecule has 16 aromatic rings. The molecule has 17 rings (SSSR count). The van der Waals surface area contributed by atoms with Crippen molar-refractivity contribution >= 4 is 28.5 Å². The van der Waals surface area contributed by atoms with Crippen LogP contribution < -0.4 is 5.46 Å². The molecule has 1 aliphatic rings. The van der Waals surface area contributed by atoms with Crippen molar-refractivity contribution in [2.24, 2.45) is 0 Å². The van der Waals surface area contributed by atoms with Gasteiger partial charge in [-0.15, -0.1) is 0 Å². The molecule has 12 heterocycles. The number of aromatic nitrogens is 15. The lowest BCUT2D eigenvalue weighted by atomic mass is 9.79. The molecule has 0 atom stereocenters. The molecule has 5 aromatic carbocycles. The minimum absolute atomic E-state index is 0.421. The van der Waals surface area contributed by atoms with E-state index in [1.807, 2.05) is 295 Å². The van der Waals surface area contributed by atoms with Crippen LogP contribution in [0.1, 0.15) is 27.7 Å². The molecule has 0 N–H and O–H groups in total. The highest BCUT2D eigenvalue weighted by molar-refractivity contribution is 9.10. The van der Waals surface area contributed by atoms with Crippen LogP contribution in [0.4, 0.5) is 0 Å². The molecule has 1 fully saturated rings. The SMILES string of the molecule is Brc1cccc(-c2cc(-c3cccnc3)nc(-c3cccnc3)c2)n1.CC1(C)OB(c2ccnc(-c3nc(-c4ccccc4)nc(-c4ccccc4)n3)c2)OC1(C)C.c1ccc(-c2nc(-c3ccccc3)nc(-c3cccc(-c4cccc(-c5cc(-c6cccnc6)nc(-c6cccnc6)c5)n4)c3)n2)cc1. The van der Waals surface area contributed by atoms with Gasteiger partial charge >= 0.3 is 7.12 Å². The van der Waals surface area contributed by atoms with Crippen LogP contribution in [0.5, 0.6) is 0 Å². The van der Waals surface area contributed by atoms with Crippen LogP contribution in [0.15, 0.2) is 327 Å². The van der Waals surface area contributed by atoms with E-state index >= 15 is 0 Å². The fourth-order valence-corrected chi connectivity index (χ4v) is 12.0. The predicted octanol–water partition coefficient (Wildman–Crippen LogP) is 18.7. The second kappa shape index (κ2) is 31.3. The number of halogens is 1. The zero-order valence-electron chi connectivity index (χ0n) is 58.1. The van der Waals surface area contributed by atoms with Gasteiger partial charge in [-0.25, -0.2) is 49.8 Å². The quantitative estimate of drug-likeness (QED) is 0.0731. The molecule has 17 nitrogen and oxygen atoms in total. The first-order valence-electron chi connectivity index (χ1n) is 34.3. The van der Waals surface area contributed by atoms with Crippen LogP contribution in [0.3, 0.4) is 0 Å². The van der Waals surface area contributed by atoms with E-state index in [2.05, 4.69) is 70.1 Å². The van der Waals surface area contributed by atoms with Crippen molar-refractivity contribution in [3.05, 3.63) is 327 Å². The molecule has 0 amide bonds. The smallest absolute Gasteiger partial charge is 0.399 e. The Bertz CT molecular complexity index is 5280. The van der Waals surface area contributed by atoms with Gasteiger partial charge in [-0.2, -0.15) is 0 Å². The van der Waals surface area contributed by atoms with Crippen molar-refractivity contribution in [1.82, 2.24) is 74.8 Å². The highest BCUT2D eigenvalue weighted by Crippen LogP contribution is 2.38. The third kappa shape index (κ3) is 16.1. The maximum Gasteiger partial charge on any atom is 0.494 e. The number of benzene rings is 5. The Hall–Kier alpha value is -13.1. The molecule has 106 heavy (non-hydrogen) atoms. The van der Waals surface area contributed by atoms with Crippen molar-refractivity contribution in [2.45, 2.75) is 38.9 Å². The summed E-state index contributed by atoms with van der Waals surface area (Å²) in [5, 5.41) is 0. The molecule has 1 aliphatic heterocycles. The van der Waals surface area contributed by atoms with Gasteiger partial charge in [0.15, 0.2) is 34.9 Å². The van der Waals surface area contributed by atoms with Crippen LogP contribution in [0, 0.1) is 0 Å². The van der Waals surface area contributed by atoms with Crippen molar-refractivity contribution in [2.75, 3.05) is 0 Å². The Morgan fingerprint density at radius 1 is 0.245 bits per heavy atom. The second-order valence-electron chi connectivity index (χ2n) is 25.7. The lowest BCUT2D eigenvalue weighted by Gasteiger charge is -2.32. The van der Waals surface area contributed by atoms with Crippen LogP contribution >= 0.6 is 15.9 Å². The summed E-state index contributed by atoms with van der Waals surface area (Å²) >= 11 is 3.44. The van der Waals surface area contributed by atoms with E-state index in [0.717, 1.165) is 117 Å². The highest BCUT2D eigenvalue weighted by Gasteiger charge is 2.52. The number of pyridine rings is 9. The van der Waals surface area contributed by atoms with Crippen LogP contribution in [0.25, 0.3) is 147 Å². The van der Waals surface area contributed by atoms with E-state index < -0.39 is 18.3 Å². The van der Waals surface area contributed by atoms with Gasteiger partial charge in [-0.3, -0.25) is 24.9 Å². The Morgan fingerprint density at radius 2 is 0.566 bits per heavy atom. The zero-order chi connectivity index (χ0) is 72.2. The van der Waals surface area contributed by atoms with Gasteiger partial charge in [0.25, 0.3) is 0 Å². The van der Waals surface area contributed by atoms with Gasteiger partial charge in [-0.1, -0.05) is 152 Å². The van der Waals surface area contributed by atoms with Crippen molar-refractivity contribution in [3.8, 4) is 147 Å². The van der Waals surface area contributed by atoms with E-state index in [-0.39, 0.29) is 0 Å². The summed E-state index contributed by atoms with van der Waals surface area (Å²) in [7, 11) is -0.485. The third-order valence-corrected chi connectivity index (χ3v) is 18.3. The highest BCUT2D eigenvalue weighted by atomic mass is 79.9.